The van der Waals surface area contributed by atoms with E-state index in [4.69, 9.17) is 0 Å². The van der Waals surface area contributed by atoms with Gasteiger partial charge in [0.15, 0.2) is 0 Å². The van der Waals surface area contributed by atoms with Gasteiger partial charge in [-0.25, -0.2) is 0 Å². The summed E-state index contributed by atoms with van der Waals surface area (Å²) in [6.45, 7) is 0. The Kier molecular flexibility index (Phi) is 2.91. The first kappa shape index (κ1) is 10.3. The highest BCUT2D eigenvalue weighted by Crippen LogP contribution is 2.20. The van der Waals surface area contributed by atoms with Crippen LogP contribution >= 0.6 is 0 Å². The molecular formula is C12H10N2O2. The van der Waals surface area contributed by atoms with Gasteiger partial charge in [-0.3, -0.25) is 14.8 Å². The van der Waals surface area contributed by atoms with E-state index >= 15 is 0 Å². The number of pyridine rings is 2. The summed E-state index contributed by atoms with van der Waals surface area (Å²) in [7, 11) is 0. The lowest BCUT2D eigenvalue weighted by molar-refractivity contribution is -0.137. The number of carboxylic acid groups (broad SMARTS) is 1. The van der Waals surface area contributed by atoms with Gasteiger partial charge < -0.3 is 5.11 Å². The maximum absolute atomic E-state index is 11.2. The van der Waals surface area contributed by atoms with Crippen LogP contribution in [0.1, 0.15) is 17.3 Å². The number of nitrogens with zero attached hydrogens (tertiary/aromatic N) is 2. The maximum Gasteiger partial charge on any atom is 0.318 e. The molecule has 0 atom stereocenters. The minimum Gasteiger partial charge on any atom is -0.480 e. The van der Waals surface area contributed by atoms with Gasteiger partial charge in [0, 0.05) is 12.4 Å². The number of hydrogen-bond acceptors (Lipinski definition) is 3. The lowest BCUT2D eigenvalue weighted by atomic mass is 10.0. The molecule has 2 heterocycles. The summed E-state index contributed by atoms with van der Waals surface area (Å²) >= 11 is 0. The zero-order valence-electron chi connectivity index (χ0n) is 8.45. The van der Waals surface area contributed by atoms with Gasteiger partial charge in [0.2, 0.25) is 0 Å². The second kappa shape index (κ2) is 4.53. The van der Waals surface area contributed by atoms with Crippen LogP contribution in [0.25, 0.3) is 0 Å². The second-order valence-electron chi connectivity index (χ2n) is 3.28. The van der Waals surface area contributed by atoms with Gasteiger partial charge in [0.25, 0.3) is 0 Å². The van der Waals surface area contributed by atoms with Crippen LogP contribution in [0.15, 0.2) is 48.8 Å². The Bertz CT molecular complexity index is 431. The summed E-state index contributed by atoms with van der Waals surface area (Å²) < 4.78 is 0. The lowest BCUT2D eigenvalue weighted by Crippen LogP contribution is -2.15. The van der Waals surface area contributed by atoms with Crippen molar-refractivity contribution >= 4 is 5.97 Å². The summed E-state index contributed by atoms with van der Waals surface area (Å²) in [4.78, 5) is 19.3. The molecule has 0 amide bonds. The smallest absolute Gasteiger partial charge is 0.318 e. The van der Waals surface area contributed by atoms with E-state index in [2.05, 4.69) is 9.97 Å². The molecule has 16 heavy (non-hydrogen) atoms. The Morgan fingerprint density at radius 1 is 1.00 bits per heavy atom. The third kappa shape index (κ3) is 2.06. The molecule has 0 fully saturated rings. The molecule has 2 rings (SSSR count). The quantitative estimate of drug-likeness (QED) is 0.844. The van der Waals surface area contributed by atoms with Gasteiger partial charge in [0.05, 0.1) is 11.4 Å². The molecule has 0 saturated carbocycles. The predicted molar refractivity (Wildman–Crippen MR) is 58.0 cm³/mol. The van der Waals surface area contributed by atoms with Crippen LogP contribution in [-0.2, 0) is 4.79 Å². The molecular weight excluding hydrogens is 204 g/mol. The summed E-state index contributed by atoms with van der Waals surface area (Å²) in [5.41, 5.74) is 0.988. The number of hydrogen-bond donors (Lipinski definition) is 1. The molecule has 80 valence electrons. The van der Waals surface area contributed by atoms with Crippen molar-refractivity contribution in [1.29, 1.82) is 0 Å². The number of aliphatic carboxylic acids is 1. The van der Waals surface area contributed by atoms with Crippen LogP contribution in [0, 0.1) is 0 Å². The Balaban J connectivity index is 2.44. The van der Waals surface area contributed by atoms with Gasteiger partial charge in [-0.2, -0.15) is 0 Å². The molecule has 0 aromatic carbocycles. The zero-order chi connectivity index (χ0) is 11.4. The Labute approximate surface area is 92.6 Å². The van der Waals surface area contributed by atoms with Crippen LogP contribution in [0.5, 0.6) is 0 Å². The van der Waals surface area contributed by atoms with Gasteiger partial charge in [0.1, 0.15) is 5.92 Å². The van der Waals surface area contributed by atoms with Crippen molar-refractivity contribution in [2.45, 2.75) is 5.92 Å². The molecule has 0 aliphatic heterocycles. The first-order valence-electron chi connectivity index (χ1n) is 4.83. The highest BCUT2D eigenvalue weighted by molar-refractivity contribution is 5.79. The van der Waals surface area contributed by atoms with E-state index in [1.807, 2.05) is 0 Å². The van der Waals surface area contributed by atoms with E-state index in [9.17, 15) is 9.90 Å². The van der Waals surface area contributed by atoms with E-state index in [1.165, 1.54) is 0 Å². The summed E-state index contributed by atoms with van der Waals surface area (Å²) in [5.74, 6) is -1.75. The van der Waals surface area contributed by atoms with Crippen molar-refractivity contribution in [3.05, 3.63) is 60.2 Å². The van der Waals surface area contributed by atoms with E-state index < -0.39 is 11.9 Å². The molecule has 1 N–H and O–H groups in total. The monoisotopic (exact) mass is 214 g/mol. The molecule has 2 aromatic rings. The fraction of sp³-hybridized carbons (Fsp3) is 0.0833. The van der Waals surface area contributed by atoms with E-state index in [1.54, 1.807) is 48.8 Å². The summed E-state index contributed by atoms with van der Waals surface area (Å²) in [6.07, 6.45) is 3.16. The molecule has 0 bridgehead atoms. The minimum absolute atomic E-state index is 0.494. The predicted octanol–water partition coefficient (Wildman–Crippen LogP) is 1.69. The molecule has 4 heteroatoms. The highest BCUT2D eigenvalue weighted by atomic mass is 16.4. The number of rotatable bonds is 3. The number of aromatic nitrogens is 2. The Hall–Kier alpha value is -2.23. The first-order valence-corrected chi connectivity index (χ1v) is 4.83. The fourth-order valence-electron chi connectivity index (χ4n) is 1.50. The highest BCUT2D eigenvalue weighted by Gasteiger charge is 2.24. The number of carboxylic acids is 1. The van der Waals surface area contributed by atoms with E-state index in [0.717, 1.165) is 0 Å². The van der Waals surface area contributed by atoms with E-state index in [0.29, 0.717) is 11.4 Å². The van der Waals surface area contributed by atoms with Gasteiger partial charge in [-0.15, -0.1) is 0 Å². The van der Waals surface area contributed by atoms with Gasteiger partial charge in [-0.1, -0.05) is 12.1 Å². The molecule has 0 radical (unpaired) electrons. The van der Waals surface area contributed by atoms with Crippen LogP contribution in [0.2, 0.25) is 0 Å². The van der Waals surface area contributed by atoms with Crippen LogP contribution in [0.4, 0.5) is 0 Å². The lowest BCUT2D eigenvalue weighted by Gasteiger charge is -2.10. The molecule has 4 nitrogen and oxygen atoms in total. The third-order valence-corrected chi connectivity index (χ3v) is 2.21. The Morgan fingerprint density at radius 3 is 1.81 bits per heavy atom. The average Bonchev–Trinajstić information content (AvgIpc) is 2.31. The first-order chi connectivity index (χ1) is 7.79. The van der Waals surface area contributed by atoms with Crippen molar-refractivity contribution in [2.75, 3.05) is 0 Å². The van der Waals surface area contributed by atoms with Crippen molar-refractivity contribution < 1.29 is 9.90 Å². The SMILES string of the molecule is O=C(O)C(c1ccccn1)c1ccccn1. The zero-order valence-corrected chi connectivity index (χ0v) is 8.45. The van der Waals surface area contributed by atoms with Crippen molar-refractivity contribution in [2.24, 2.45) is 0 Å². The molecule has 0 unspecified atom stereocenters. The van der Waals surface area contributed by atoms with Crippen LogP contribution < -0.4 is 0 Å². The van der Waals surface area contributed by atoms with Gasteiger partial charge >= 0.3 is 5.97 Å². The minimum atomic E-state index is -0.947. The largest absolute Gasteiger partial charge is 0.480 e. The van der Waals surface area contributed by atoms with Crippen molar-refractivity contribution in [3.63, 3.8) is 0 Å². The average molecular weight is 214 g/mol. The van der Waals surface area contributed by atoms with Crippen LogP contribution in [0.3, 0.4) is 0 Å². The van der Waals surface area contributed by atoms with Crippen LogP contribution in [-0.4, -0.2) is 21.0 Å². The number of carbonyl (C=O) groups is 1. The molecule has 0 saturated heterocycles. The summed E-state index contributed by atoms with van der Waals surface area (Å²) in [6, 6.07) is 10.4. The molecule has 0 aliphatic carbocycles. The molecule has 2 aromatic heterocycles. The maximum atomic E-state index is 11.2. The normalized spacial score (nSPS) is 10.3. The van der Waals surface area contributed by atoms with Crippen molar-refractivity contribution in [1.82, 2.24) is 9.97 Å². The topological polar surface area (TPSA) is 63.1 Å². The standard InChI is InChI=1S/C12H10N2O2/c15-12(16)11(9-5-1-3-7-13-9)10-6-2-4-8-14-10/h1-8,11H,(H,15,16). The third-order valence-electron chi connectivity index (χ3n) is 2.21. The Morgan fingerprint density at radius 2 is 1.50 bits per heavy atom. The molecule has 0 spiro atoms. The van der Waals surface area contributed by atoms with E-state index in [-0.39, 0.29) is 0 Å². The fourth-order valence-corrected chi connectivity index (χ4v) is 1.50. The second-order valence-corrected chi connectivity index (χ2v) is 3.28. The van der Waals surface area contributed by atoms with Crippen molar-refractivity contribution in [3.8, 4) is 0 Å². The van der Waals surface area contributed by atoms with Gasteiger partial charge in [-0.05, 0) is 24.3 Å². The molecule has 0 aliphatic rings. The summed E-state index contributed by atoms with van der Waals surface area (Å²) in [5, 5.41) is 9.20.